The first kappa shape index (κ1) is 19.4. The molecule has 21 heavy (non-hydrogen) atoms. The molecule has 0 unspecified atom stereocenters. The van der Waals surface area contributed by atoms with Crippen molar-refractivity contribution in [3.63, 3.8) is 0 Å². The molecule has 0 aromatic heterocycles. The summed E-state index contributed by atoms with van der Waals surface area (Å²) in [5.41, 5.74) is 6.28. The molecular weight excluding hydrogens is 290 g/mol. The summed E-state index contributed by atoms with van der Waals surface area (Å²) in [7, 11) is 1.58. The predicted octanol–water partition coefficient (Wildman–Crippen LogP) is 1.88. The number of anilines is 1. The molecule has 1 aromatic carbocycles. The molecule has 0 saturated carbocycles. The maximum absolute atomic E-state index is 12.1. The molecule has 0 saturated heterocycles. The number of carbonyl (C=O) groups is 2. The summed E-state index contributed by atoms with van der Waals surface area (Å²) in [4.78, 5) is 25.3. The number of nitrogens with two attached hydrogens (primary N) is 1. The number of hydrogen-bond acceptors (Lipinski definition) is 3. The minimum atomic E-state index is -0.628. The van der Waals surface area contributed by atoms with Gasteiger partial charge in [-0.05, 0) is 17.5 Å². The topological polar surface area (TPSA) is 75.4 Å². The Morgan fingerprint density at radius 2 is 1.76 bits per heavy atom. The molecule has 0 radical (unpaired) electrons. The molecule has 0 fully saturated rings. The van der Waals surface area contributed by atoms with Crippen LogP contribution in [0.3, 0.4) is 0 Å². The highest BCUT2D eigenvalue weighted by atomic mass is 35.5. The molecule has 0 aliphatic rings. The van der Waals surface area contributed by atoms with Crippen LogP contribution < -0.4 is 11.1 Å². The fourth-order valence-electron chi connectivity index (χ4n) is 1.62. The summed E-state index contributed by atoms with van der Waals surface area (Å²) in [6.07, 6.45) is 0. The molecule has 0 heterocycles. The van der Waals surface area contributed by atoms with E-state index in [-0.39, 0.29) is 36.2 Å². The smallest absolute Gasteiger partial charge is 0.243 e. The van der Waals surface area contributed by atoms with Crippen LogP contribution in [0.5, 0.6) is 0 Å². The third-order valence-electron chi connectivity index (χ3n) is 3.01. The van der Waals surface area contributed by atoms with Gasteiger partial charge in [0.05, 0.1) is 12.6 Å². The number of amides is 2. The lowest BCUT2D eigenvalue weighted by Gasteiger charge is -2.29. The van der Waals surface area contributed by atoms with E-state index in [1.165, 1.54) is 4.90 Å². The zero-order chi connectivity index (χ0) is 15.3. The van der Waals surface area contributed by atoms with Gasteiger partial charge >= 0.3 is 0 Å². The van der Waals surface area contributed by atoms with E-state index in [2.05, 4.69) is 5.32 Å². The normalized spacial score (nSPS) is 12.0. The second-order valence-corrected chi connectivity index (χ2v) is 5.95. The van der Waals surface area contributed by atoms with Gasteiger partial charge in [0.2, 0.25) is 11.8 Å². The molecule has 0 aliphatic carbocycles. The minimum Gasteiger partial charge on any atom is -0.335 e. The maximum atomic E-state index is 12.1. The van der Waals surface area contributed by atoms with Gasteiger partial charge in [-0.3, -0.25) is 9.59 Å². The average molecular weight is 314 g/mol. The summed E-state index contributed by atoms with van der Waals surface area (Å²) in [6, 6.07) is 8.49. The van der Waals surface area contributed by atoms with Crippen molar-refractivity contribution in [3.05, 3.63) is 30.3 Å². The lowest BCUT2D eigenvalue weighted by molar-refractivity contribution is -0.136. The van der Waals surface area contributed by atoms with Crippen LogP contribution in [0.15, 0.2) is 30.3 Å². The number of nitrogens with one attached hydrogen (secondary N) is 1. The van der Waals surface area contributed by atoms with Crippen LogP contribution >= 0.6 is 12.4 Å². The second kappa shape index (κ2) is 8.00. The van der Waals surface area contributed by atoms with Crippen LogP contribution in [0, 0.1) is 5.41 Å². The molecule has 6 heteroatoms. The number of para-hydroxylation sites is 1. The number of likely N-dealkylation sites (N-methyl/N-ethyl adjacent to an activating group) is 1. The predicted molar refractivity (Wildman–Crippen MR) is 87.4 cm³/mol. The van der Waals surface area contributed by atoms with E-state index < -0.39 is 6.04 Å². The molecule has 118 valence electrons. The van der Waals surface area contributed by atoms with Gasteiger partial charge in [0.25, 0.3) is 0 Å². The number of carbonyl (C=O) groups excluding carboxylic acids is 2. The molecular formula is C15H24ClN3O2. The fourth-order valence-corrected chi connectivity index (χ4v) is 1.62. The molecule has 1 rings (SSSR count). The summed E-state index contributed by atoms with van der Waals surface area (Å²) < 4.78 is 0. The van der Waals surface area contributed by atoms with Gasteiger partial charge in [0, 0.05) is 12.7 Å². The summed E-state index contributed by atoms with van der Waals surface area (Å²) in [5.74, 6) is -0.478. The Bertz CT molecular complexity index is 472. The van der Waals surface area contributed by atoms with Gasteiger partial charge in [0.1, 0.15) is 0 Å². The summed E-state index contributed by atoms with van der Waals surface area (Å²) >= 11 is 0. The molecule has 1 atom stereocenters. The largest absolute Gasteiger partial charge is 0.335 e. The zero-order valence-electron chi connectivity index (χ0n) is 12.9. The average Bonchev–Trinajstić information content (AvgIpc) is 2.36. The van der Waals surface area contributed by atoms with Gasteiger partial charge in [0.15, 0.2) is 0 Å². The Hall–Kier alpha value is -1.59. The third-order valence-corrected chi connectivity index (χ3v) is 3.01. The highest BCUT2D eigenvalue weighted by Gasteiger charge is 2.30. The highest BCUT2D eigenvalue weighted by molar-refractivity contribution is 5.95. The first-order valence-corrected chi connectivity index (χ1v) is 6.57. The number of halogens is 1. The first-order chi connectivity index (χ1) is 9.21. The van der Waals surface area contributed by atoms with Crippen LogP contribution in [0.1, 0.15) is 20.8 Å². The van der Waals surface area contributed by atoms with Crippen molar-refractivity contribution in [1.82, 2.24) is 4.90 Å². The number of hydrogen-bond donors (Lipinski definition) is 2. The van der Waals surface area contributed by atoms with Gasteiger partial charge in [-0.25, -0.2) is 0 Å². The van der Waals surface area contributed by atoms with Crippen molar-refractivity contribution >= 4 is 29.9 Å². The van der Waals surface area contributed by atoms with Gasteiger partial charge in [-0.15, -0.1) is 12.4 Å². The maximum Gasteiger partial charge on any atom is 0.243 e. The van der Waals surface area contributed by atoms with E-state index in [0.717, 1.165) is 0 Å². The molecule has 0 bridgehead atoms. The summed E-state index contributed by atoms with van der Waals surface area (Å²) in [6.45, 7) is 5.67. The quantitative estimate of drug-likeness (QED) is 0.891. The van der Waals surface area contributed by atoms with Crippen LogP contribution in [-0.4, -0.2) is 36.3 Å². The van der Waals surface area contributed by atoms with E-state index in [0.29, 0.717) is 5.69 Å². The van der Waals surface area contributed by atoms with Gasteiger partial charge in [-0.1, -0.05) is 39.0 Å². The van der Waals surface area contributed by atoms with Gasteiger partial charge in [-0.2, -0.15) is 0 Å². The Labute approximate surface area is 132 Å². The number of benzene rings is 1. The zero-order valence-corrected chi connectivity index (χ0v) is 13.7. The standard InChI is InChI=1S/C15H23N3O2.ClH/c1-15(2,3)13(16)14(20)18(4)10-12(19)17-11-8-6-5-7-9-11;/h5-9,13H,10,16H2,1-4H3,(H,17,19);1H/t13-;/m1./s1. The van der Waals surface area contributed by atoms with E-state index in [9.17, 15) is 9.59 Å². The summed E-state index contributed by atoms with van der Waals surface area (Å²) in [5, 5.41) is 2.73. The Morgan fingerprint density at radius 1 is 1.24 bits per heavy atom. The van der Waals surface area contributed by atoms with E-state index in [1.54, 1.807) is 19.2 Å². The molecule has 3 N–H and O–H groups in total. The lowest BCUT2D eigenvalue weighted by atomic mass is 9.86. The van der Waals surface area contributed by atoms with Crippen molar-refractivity contribution in [3.8, 4) is 0 Å². The van der Waals surface area contributed by atoms with Crippen LogP contribution in [0.25, 0.3) is 0 Å². The SMILES string of the molecule is CN(CC(=O)Nc1ccccc1)C(=O)[C@@H](N)C(C)(C)C.Cl. The Morgan fingerprint density at radius 3 is 2.24 bits per heavy atom. The monoisotopic (exact) mass is 313 g/mol. The molecule has 2 amide bonds. The van der Waals surface area contributed by atoms with E-state index in [4.69, 9.17) is 5.73 Å². The van der Waals surface area contributed by atoms with Gasteiger partial charge < -0.3 is 16.0 Å². The molecule has 0 spiro atoms. The minimum absolute atomic E-state index is 0. The number of rotatable bonds is 4. The molecule has 0 aliphatic heterocycles. The van der Waals surface area contributed by atoms with Crippen molar-refractivity contribution < 1.29 is 9.59 Å². The van der Waals surface area contributed by atoms with Crippen molar-refractivity contribution in [2.24, 2.45) is 11.1 Å². The van der Waals surface area contributed by atoms with Crippen LogP contribution in [0.2, 0.25) is 0 Å². The van der Waals surface area contributed by atoms with E-state index >= 15 is 0 Å². The van der Waals surface area contributed by atoms with Crippen LogP contribution in [-0.2, 0) is 9.59 Å². The number of nitrogens with zero attached hydrogens (tertiary/aromatic N) is 1. The van der Waals surface area contributed by atoms with Crippen molar-refractivity contribution in [2.75, 3.05) is 18.9 Å². The van der Waals surface area contributed by atoms with Crippen molar-refractivity contribution in [1.29, 1.82) is 0 Å². The fraction of sp³-hybridized carbons (Fsp3) is 0.467. The first-order valence-electron chi connectivity index (χ1n) is 6.57. The third kappa shape index (κ3) is 6.14. The lowest BCUT2D eigenvalue weighted by Crippen LogP contribution is -2.50. The highest BCUT2D eigenvalue weighted by Crippen LogP contribution is 2.18. The Kier molecular flexibility index (Phi) is 7.39. The van der Waals surface area contributed by atoms with E-state index in [1.807, 2.05) is 39.0 Å². The Balaban J connectivity index is 0.00000400. The molecule has 1 aromatic rings. The second-order valence-electron chi connectivity index (χ2n) is 5.95. The molecule has 5 nitrogen and oxygen atoms in total. The van der Waals surface area contributed by atoms with Crippen LogP contribution in [0.4, 0.5) is 5.69 Å². The van der Waals surface area contributed by atoms with Crippen molar-refractivity contribution in [2.45, 2.75) is 26.8 Å².